The quantitative estimate of drug-likeness (QED) is 0.693. The van der Waals surface area contributed by atoms with Gasteiger partial charge in [0.05, 0.1) is 5.25 Å². The number of rotatable bonds is 5. The molecular formula is C17H15FN4OS. The van der Waals surface area contributed by atoms with Gasteiger partial charge < -0.3 is 5.32 Å². The molecule has 2 N–H and O–H groups in total. The van der Waals surface area contributed by atoms with Crippen molar-refractivity contribution in [3.63, 3.8) is 0 Å². The van der Waals surface area contributed by atoms with E-state index in [4.69, 9.17) is 0 Å². The van der Waals surface area contributed by atoms with Crippen molar-refractivity contribution in [1.82, 2.24) is 15.2 Å². The van der Waals surface area contributed by atoms with Crippen LogP contribution in [0.4, 0.5) is 10.1 Å². The van der Waals surface area contributed by atoms with Crippen molar-refractivity contribution in [2.45, 2.75) is 17.3 Å². The summed E-state index contributed by atoms with van der Waals surface area (Å²) < 4.78 is 12.9. The number of hydrogen-bond donors (Lipinski definition) is 2. The molecule has 0 bridgehead atoms. The summed E-state index contributed by atoms with van der Waals surface area (Å²) in [6.07, 6.45) is 0. The van der Waals surface area contributed by atoms with Crippen LogP contribution in [0, 0.1) is 5.82 Å². The van der Waals surface area contributed by atoms with E-state index in [1.165, 1.54) is 36.0 Å². The number of halogens is 1. The van der Waals surface area contributed by atoms with Crippen molar-refractivity contribution in [2.24, 2.45) is 0 Å². The van der Waals surface area contributed by atoms with Gasteiger partial charge in [-0.25, -0.2) is 9.37 Å². The molecule has 1 atom stereocenters. The standard InChI is InChI=1S/C17H15FN4OS/c1-11(16(23)19-14-9-7-13(18)8-10-14)24-17-20-15(21-22-17)12-5-3-2-4-6-12/h2-11H,1H3,(H,19,23)(H,20,21,22)/t11-/m0/s1. The number of nitrogens with zero attached hydrogens (tertiary/aromatic N) is 2. The van der Waals surface area contributed by atoms with Crippen LogP contribution >= 0.6 is 11.8 Å². The van der Waals surface area contributed by atoms with E-state index in [0.29, 0.717) is 16.7 Å². The lowest BCUT2D eigenvalue weighted by atomic mass is 10.2. The molecule has 1 heterocycles. The zero-order chi connectivity index (χ0) is 16.9. The Labute approximate surface area is 142 Å². The first-order valence-electron chi connectivity index (χ1n) is 7.33. The zero-order valence-corrected chi connectivity index (χ0v) is 13.7. The van der Waals surface area contributed by atoms with Crippen LogP contribution in [0.15, 0.2) is 59.8 Å². The second kappa shape index (κ2) is 7.27. The highest BCUT2D eigenvalue weighted by molar-refractivity contribution is 8.00. The summed E-state index contributed by atoms with van der Waals surface area (Å²) in [6.45, 7) is 1.77. The van der Waals surface area contributed by atoms with Crippen LogP contribution in [0.1, 0.15) is 6.92 Å². The number of H-pyrrole nitrogens is 1. The molecule has 0 aliphatic heterocycles. The molecule has 0 fully saturated rings. The van der Waals surface area contributed by atoms with Crippen LogP contribution in [0.25, 0.3) is 11.4 Å². The molecule has 24 heavy (non-hydrogen) atoms. The highest BCUT2D eigenvalue weighted by atomic mass is 32.2. The number of amides is 1. The van der Waals surface area contributed by atoms with Gasteiger partial charge in [-0.15, -0.1) is 5.10 Å². The number of benzene rings is 2. The van der Waals surface area contributed by atoms with E-state index in [0.717, 1.165) is 5.56 Å². The van der Waals surface area contributed by atoms with Gasteiger partial charge in [-0.2, -0.15) is 0 Å². The van der Waals surface area contributed by atoms with E-state index in [1.807, 2.05) is 30.3 Å². The first kappa shape index (κ1) is 16.2. The normalized spacial score (nSPS) is 11.9. The Morgan fingerprint density at radius 2 is 1.88 bits per heavy atom. The van der Waals surface area contributed by atoms with Gasteiger partial charge in [-0.3, -0.25) is 9.89 Å². The molecule has 7 heteroatoms. The Balaban J connectivity index is 1.62. The van der Waals surface area contributed by atoms with Gasteiger partial charge in [0.2, 0.25) is 11.1 Å². The number of hydrogen-bond acceptors (Lipinski definition) is 4. The zero-order valence-electron chi connectivity index (χ0n) is 12.9. The van der Waals surface area contributed by atoms with Crippen molar-refractivity contribution >= 4 is 23.4 Å². The topological polar surface area (TPSA) is 70.7 Å². The number of aromatic nitrogens is 3. The Morgan fingerprint density at radius 3 is 2.58 bits per heavy atom. The molecule has 1 amide bonds. The maximum Gasteiger partial charge on any atom is 0.237 e. The summed E-state index contributed by atoms with van der Waals surface area (Å²) in [6, 6.07) is 15.3. The minimum Gasteiger partial charge on any atom is -0.325 e. The lowest BCUT2D eigenvalue weighted by Crippen LogP contribution is -2.22. The predicted octanol–water partition coefficient (Wildman–Crippen LogP) is 3.73. The number of thioether (sulfide) groups is 1. The van der Waals surface area contributed by atoms with E-state index in [1.54, 1.807) is 6.92 Å². The molecule has 0 unspecified atom stereocenters. The van der Waals surface area contributed by atoms with Crippen molar-refractivity contribution in [2.75, 3.05) is 5.32 Å². The Morgan fingerprint density at radius 1 is 1.17 bits per heavy atom. The SMILES string of the molecule is C[C@H](Sc1n[nH]c(-c2ccccc2)n1)C(=O)Nc1ccc(F)cc1. The molecule has 5 nitrogen and oxygen atoms in total. The molecule has 3 rings (SSSR count). The summed E-state index contributed by atoms with van der Waals surface area (Å²) in [4.78, 5) is 16.6. The average molecular weight is 342 g/mol. The van der Waals surface area contributed by atoms with Gasteiger partial charge in [0.25, 0.3) is 0 Å². The second-order valence-corrected chi connectivity index (χ2v) is 6.40. The molecule has 1 aromatic heterocycles. The van der Waals surface area contributed by atoms with Crippen molar-refractivity contribution < 1.29 is 9.18 Å². The second-order valence-electron chi connectivity index (χ2n) is 5.09. The highest BCUT2D eigenvalue weighted by Gasteiger charge is 2.17. The Hall–Kier alpha value is -2.67. The van der Waals surface area contributed by atoms with E-state index in [-0.39, 0.29) is 11.7 Å². The van der Waals surface area contributed by atoms with Crippen LogP contribution in [0.3, 0.4) is 0 Å². The number of nitrogens with one attached hydrogen (secondary N) is 2. The van der Waals surface area contributed by atoms with Gasteiger partial charge >= 0.3 is 0 Å². The number of anilines is 1. The van der Waals surface area contributed by atoms with Gasteiger partial charge in [-0.05, 0) is 31.2 Å². The molecule has 0 spiro atoms. The van der Waals surface area contributed by atoms with Crippen LogP contribution in [-0.4, -0.2) is 26.3 Å². The molecule has 0 radical (unpaired) electrons. The van der Waals surface area contributed by atoms with Gasteiger partial charge in [0.15, 0.2) is 5.82 Å². The molecule has 0 aliphatic rings. The highest BCUT2D eigenvalue weighted by Crippen LogP contribution is 2.23. The molecule has 3 aromatic rings. The van der Waals surface area contributed by atoms with E-state index in [2.05, 4.69) is 20.5 Å². The first-order valence-corrected chi connectivity index (χ1v) is 8.21. The van der Waals surface area contributed by atoms with Crippen molar-refractivity contribution in [3.05, 3.63) is 60.4 Å². The predicted molar refractivity (Wildman–Crippen MR) is 92.2 cm³/mol. The maximum absolute atomic E-state index is 12.9. The lowest BCUT2D eigenvalue weighted by molar-refractivity contribution is -0.115. The van der Waals surface area contributed by atoms with E-state index in [9.17, 15) is 9.18 Å². The average Bonchev–Trinajstić information content (AvgIpc) is 3.06. The van der Waals surface area contributed by atoms with Gasteiger partial charge in [0.1, 0.15) is 5.82 Å². The molecule has 122 valence electrons. The Bertz CT molecular complexity index is 820. The molecule has 0 saturated carbocycles. The number of carbonyl (C=O) groups excluding carboxylic acids is 1. The van der Waals surface area contributed by atoms with Gasteiger partial charge in [0, 0.05) is 11.3 Å². The fraction of sp³-hybridized carbons (Fsp3) is 0.118. The molecule has 0 saturated heterocycles. The third kappa shape index (κ3) is 3.99. The first-order chi connectivity index (χ1) is 11.6. The van der Waals surface area contributed by atoms with Crippen molar-refractivity contribution in [3.8, 4) is 11.4 Å². The maximum atomic E-state index is 12.9. The number of aromatic amines is 1. The van der Waals surface area contributed by atoms with Gasteiger partial charge in [-0.1, -0.05) is 42.1 Å². The summed E-state index contributed by atoms with van der Waals surface area (Å²) in [5.74, 6) is 0.117. The lowest BCUT2D eigenvalue weighted by Gasteiger charge is -2.09. The monoisotopic (exact) mass is 342 g/mol. The Kier molecular flexibility index (Phi) is 4.90. The molecule has 0 aliphatic carbocycles. The third-order valence-electron chi connectivity index (χ3n) is 3.28. The fourth-order valence-electron chi connectivity index (χ4n) is 2.01. The molecule has 2 aromatic carbocycles. The summed E-state index contributed by atoms with van der Waals surface area (Å²) >= 11 is 1.25. The number of carbonyl (C=O) groups is 1. The van der Waals surface area contributed by atoms with Crippen LogP contribution in [0.2, 0.25) is 0 Å². The third-order valence-corrected chi connectivity index (χ3v) is 4.24. The smallest absolute Gasteiger partial charge is 0.237 e. The van der Waals surface area contributed by atoms with Crippen LogP contribution in [-0.2, 0) is 4.79 Å². The fourth-order valence-corrected chi connectivity index (χ4v) is 2.74. The van der Waals surface area contributed by atoms with Crippen LogP contribution in [0.5, 0.6) is 0 Å². The van der Waals surface area contributed by atoms with Crippen LogP contribution < -0.4 is 5.32 Å². The summed E-state index contributed by atoms with van der Waals surface area (Å²) in [5.41, 5.74) is 1.48. The molecular weight excluding hydrogens is 327 g/mol. The minimum atomic E-state index is -0.394. The van der Waals surface area contributed by atoms with E-state index >= 15 is 0 Å². The summed E-state index contributed by atoms with van der Waals surface area (Å²) in [7, 11) is 0. The van der Waals surface area contributed by atoms with E-state index < -0.39 is 5.25 Å². The minimum absolute atomic E-state index is 0.197. The largest absolute Gasteiger partial charge is 0.325 e. The van der Waals surface area contributed by atoms with Crippen molar-refractivity contribution in [1.29, 1.82) is 0 Å². The summed E-state index contributed by atoms with van der Waals surface area (Å²) in [5, 5.41) is 9.84.